The van der Waals surface area contributed by atoms with E-state index < -0.39 is 42.0 Å². The fraction of sp³-hybridized carbons (Fsp3) is 0.600. The number of cyclic esters (lactones) is 1. The zero-order valence-corrected chi connectivity index (χ0v) is 9.80. The van der Waals surface area contributed by atoms with E-state index in [4.69, 9.17) is 5.11 Å². The molecule has 0 aromatic carbocycles. The van der Waals surface area contributed by atoms with E-state index in [0.29, 0.717) is 0 Å². The van der Waals surface area contributed by atoms with Crippen LogP contribution in [0.5, 0.6) is 0 Å². The molecule has 1 unspecified atom stereocenters. The lowest BCUT2D eigenvalue weighted by molar-refractivity contribution is -0.191. The summed E-state index contributed by atoms with van der Waals surface area (Å²) in [6.07, 6.45) is -2.52. The summed E-state index contributed by atoms with van der Waals surface area (Å²) in [6, 6.07) is 0. The molecule has 100 valence electrons. The van der Waals surface area contributed by atoms with Gasteiger partial charge in [0.2, 0.25) is 6.10 Å². The van der Waals surface area contributed by atoms with Crippen LogP contribution in [-0.4, -0.2) is 47.3 Å². The smallest absolute Gasteiger partial charge is 0.353 e. The maximum atomic E-state index is 11.5. The number of carbonyl (C=O) groups excluding carboxylic acids is 3. The van der Waals surface area contributed by atoms with Gasteiger partial charge in [0, 0.05) is 6.92 Å². The number of esters is 3. The normalized spacial score (nSPS) is 26.3. The van der Waals surface area contributed by atoms with Gasteiger partial charge in [0.15, 0.2) is 0 Å². The van der Waals surface area contributed by atoms with Gasteiger partial charge in [0.1, 0.15) is 6.42 Å². The second-order valence-corrected chi connectivity index (χ2v) is 3.59. The number of carboxylic acids is 1. The van der Waals surface area contributed by atoms with Crippen molar-refractivity contribution in [3.8, 4) is 0 Å². The highest BCUT2D eigenvalue weighted by Crippen LogP contribution is 2.32. The zero-order chi connectivity index (χ0) is 13.9. The van der Waals surface area contributed by atoms with Crippen LogP contribution in [0, 0.1) is 0 Å². The van der Waals surface area contributed by atoms with Crippen molar-refractivity contribution in [2.24, 2.45) is 0 Å². The Labute approximate surface area is 102 Å². The monoisotopic (exact) mass is 260 g/mol. The quantitative estimate of drug-likeness (QED) is 0.518. The van der Waals surface area contributed by atoms with Crippen LogP contribution < -0.4 is 0 Å². The van der Waals surface area contributed by atoms with Crippen LogP contribution in [0.3, 0.4) is 0 Å². The van der Waals surface area contributed by atoms with E-state index in [9.17, 15) is 19.2 Å². The van der Waals surface area contributed by atoms with E-state index in [2.05, 4.69) is 14.2 Å². The molecule has 1 N–H and O–H groups in total. The molecule has 8 heteroatoms. The fourth-order valence-corrected chi connectivity index (χ4v) is 1.61. The second kappa shape index (κ2) is 5.03. The van der Waals surface area contributed by atoms with E-state index in [-0.39, 0.29) is 6.61 Å². The van der Waals surface area contributed by atoms with Gasteiger partial charge in [-0.05, 0) is 6.92 Å². The Kier molecular flexibility index (Phi) is 3.89. The molecule has 0 aliphatic carbocycles. The molecule has 1 saturated heterocycles. The molecule has 0 aromatic heterocycles. The Bertz CT molecular complexity index is 401. The summed E-state index contributed by atoms with van der Waals surface area (Å²) in [5, 5.41) is 9.10. The molecule has 1 aliphatic rings. The van der Waals surface area contributed by atoms with Crippen molar-refractivity contribution in [2.45, 2.75) is 32.0 Å². The molecular weight excluding hydrogens is 248 g/mol. The molecule has 0 saturated carbocycles. The van der Waals surface area contributed by atoms with Gasteiger partial charge in [0.05, 0.1) is 6.61 Å². The summed E-state index contributed by atoms with van der Waals surface area (Å²) in [5.41, 5.74) is -2.35. The maximum absolute atomic E-state index is 11.5. The van der Waals surface area contributed by atoms with E-state index >= 15 is 0 Å². The number of aliphatic carboxylic acids is 1. The molecular formula is C10H12O8. The predicted molar refractivity (Wildman–Crippen MR) is 53.3 cm³/mol. The first kappa shape index (κ1) is 13.9. The molecule has 1 fully saturated rings. The summed E-state index contributed by atoms with van der Waals surface area (Å²) >= 11 is 0. The van der Waals surface area contributed by atoms with Crippen LogP contribution >= 0.6 is 0 Å². The molecule has 1 heterocycles. The highest BCUT2D eigenvalue weighted by atomic mass is 16.6. The van der Waals surface area contributed by atoms with Crippen LogP contribution in [0.2, 0.25) is 0 Å². The topological polar surface area (TPSA) is 116 Å². The molecule has 0 spiro atoms. The Hall–Kier alpha value is -2.12. The van der Waals surface area contributed by atoms with E-state index in [1.54, 1.807) is 0 Å². The predicted octanol–water partition coefficient (Wildman–Crippen LogP) is -0.748. The summed E-state index contributed by atoms with van der Waals surface area (Å²) < 4.78 is 13.8. The number of ether oxygens (including phenoxy) is 3. The molecule has 0 bridgehead atoms. The average Bonchev–Trinajstić information content (AvgIpc) is 2.56. The number of rotatable bonds is 4. The Morgan fingerprint density at radius 3 is 2.56 bits per heavy atom. The largest absolute Gasteiger partial charge is 0.478 e. The van der Waals surface area contributed by atoms with Crippen molar-refractivity contribution in [2.75, 3.05) is 6.61 Å². The number of hydrogen-bond donors (Lipinski definition) is 1. The van der Waals surface area contributed by atoms with Gasteiger partial charge in [-0.3, -0.25) is 9.59 Å². The first-order valence-corrected chi connectivity index (χ1v) is 5.12. The molecule has 0 radical (unpaired) electrons. The molecule has 1 rings (SSSR count). The third-order valence-electron chi connectivity index (χ3n) is 2.27. The molecule has 0 aromatic rings. The lowest BCUT2D eigenvalue weighted by Gasteiger charge is -2.25. The standard InChI is InChI=1S/C10H12O8/c1-3-16-8(13)7-10(9(14)15,18-5(2)11)4-6(12)17-7/h7H,3-4H2,1-2H3,(H,14,15)/t7?,10-/m0/s1. The van der Waals surface area contributed by atoms with Crippen molar-refractivity contribution >= 4 is 23.9 Å². The number of hydrogen-bond acceptors (Lipinski definition) is 7. The summed E-state index contributed by atoms with van der Waals surface area (Å²) in [4.78, 5) is 44.9. The first-order chi connectivity index (χ1) is 8.33. The Morgan fingerprint density at radius 1 is 1.50 bits per heavy atom. The lowest BCUT2D eigenvalue weighted by atomic mass is 9.95. The highest BCUT2D eigenvalue weighted by molar-refractivity contribution is 5.97. The van der Waals surface area contributed by atoms with Crippen LogP contribution in [0.4, 0.5) is 0 Å². The summed E-state index contributed by atoms with van der Waals surface area (Å²) in [6.45, 7) is 2.45. The minimum absolute atomic E-state index is 0.0251. The van der Waals surface area contributed by atoms with E-state index in [1.807, 2.05) is 0 Å². The molecule has 2 atom stereocenters. The molecule has 18 heavy (non-hydrogen) atoms. The molecule has 8 nitrogen and oxygen atoms in total. The second-order valence-electron chi connectivity index (χ2n) is 3.59. The molecule has 1 aliphatic heterocycles. The minimum atomic E-state index is -2.35. The van der Waals surface area contributed by atoms with Gasteiger partial charge in [0.25, 0.3) is 5.60 Å². The van der Waals surface area contributed by atoms with Gasteiger partial charge >= 0.3 is 23.9 Å². The Morgan fingerprint density at radius 2 is 2.11 bits per heavy atom. The van der Waals surface area contributed by atoms with Crippen LogP contribution in [0.25, 0.3) is 0 Å². The van der Waals surface area contributed by atoms with Crippen molar-refractivity contribution in [3.05, 3.63) is 0 Å². The SMILES string of the molecule is CCOC(=O)C1OC(=O)C[C@@]1(OC(C)=O)C(=O)O. The van der Waals surface area contributed by atoms with Crippen molar-refractivity contribution in [3.63, 3.8) is 0 Å². The Balaban J connectivity index is 3.11. The molecule has 0 amide bonds. The van der Waals surface area contributed by atoms with Gasteiger partial charge in [-0.15, -0.1) is 0 Å². The third-order valence-corrected chi connectivity index (χ3v) is 2.27. The van der Waals surface area contributed by atoms with Crippen LogP contribution in [0.1, 0.15) is 20.3 Å². The third kappa shape index (κ3) is 2.41. The van der Waals surface area contributed by atoms with Crippen LogP contribution in [0.15, 0.2) is 0 Å². The lowest BCUT2D eigenvalue weighted by Crippen LogP contribution is -2.53. The maximum Gasteiger partial charge on any atom is 0.353 e. The van der Waals surface area contributed by atoms with E-state index in [0.717, 1.165) is 6.92 Å². The first-order valence-electron chi connectivity index (χ1n) is 5.12. The number of carboxylic acid groups (broad SMARTS) is 1. The van der Waals surface area contributed by atoms with Gasteiger partial charge < -0.3 is 19.3 Å². The van der Waals surface area contributed by atoms with Crippen LogP contribution in [-0.2, 0) is 33.4 Å². The van der Waals surface area contributed by atoms with Gasteiger partial charge in [-0.2, -0.15) is 0 Å². The summed E-state index contributed by atoms with van der Waals surface area (Å²) in [7, 11) is 0. The van der Waals surface area contributed by atoms with Gasteiger partial charge in [-0.1, -0.05) is 0 Å². The summed E-state index contributed by atoms with van der Waals surface area (Å²) in [5.74, 6) is -4.59. The fourth-order valence-electron chi connectivity index (χ4n) is 1.61. The number of carbonyl (C=O) groups is 4. The average molecular weight is 260 g/mol. The minimum Gasteiger partial charge on any atom is -0.478 e. The van der Waals surface area contributed by atoms with E-state index in [1.165, 1.54) is 6.92 Å². The zero-order valence-electron chi connectivity index (χ0n) is 9.80. The van der Waals surface area contributed by atoms with Gasteiger partial charge in [-0.25, -0.2) is 9.59 Å². The van der Waals surface area contributed by atoms with Crippen molar-refractivity contribution < 1.29 is 38.5 Å². The highest BCUT2D eigenvalue weighted by Gasteiger charge is 2.62. The van der Waals surface area contributed by atoms with Crippen molar-refractivity contribution in [1.82, 2.24) is 0 Å². The van der Waals surface area contributed by atoms with Crippen molar-refractivity contribution in [1.29, 1.82) is 0 Å².